The van der Waals surface area contributed by atoms with Crippen molar-refractivity contribution in [1.29, 1.82) is 0 Å². The summed E-state index contributed by atoms with van der Waals surface area (Å²) < 4.78 is 5.15. The summed E-state index contributed by atoms with van der Waals surface area (Å²) >= 11 is 1.15. The summed E-state index contributed by atoms with van der Waals surface area (Å²) in [6.45, 7) is 2.00. The molecule has 0 fully saturated rings. The van der Waals surface area contributed by atoms with Gasteiger partial charge in [-0.3, -0.25) is 0 Å². The van der Waals surface area contributed by atoms with Crippen LogP contribution in [-0.2, 0) is 6.42 Å². The van der Waals surface area contributed by atoms with E-state index in [1.54, 1.807) is 7.11 Å². The van der Waals surface area contributed by atoms with E-state index in [0.29, 0.717) is 22.1 Å². The van der Waals surface area contributed by atoms with Crippen molar-refractivity contribution in [2.24, 2.45) is 0 Å². The predicted octanol–water partition coefficient (Wildman–Crippen LogP) is 3.55. The first-order valence-electron chi connectivity index (χ1n) is 6.28. The second kappa shape index (κ2) is 6.38. The van der Waals surface area contributed by atoms with Crippen molar-refractivity contribution in [3.63, 3.8) is 0 Å². The van der Waals surface area contributed by atoms with Crippen molar-refractivity contribution in [2.75, 3.05) is 12.4 Å². The number of thiazole rings is 1. The zero-order valence-corrected chi connectivity index (χ0v) is 12.2. The Bertz CT molecular complexity index is 610. The molecule has 2 N–H and O–H groups in total. The lowest BCUT2D eigenvalue weighted by atomic mass is 10.2. The molecule has 20 heavy (non-hydrogen) atoms. The van der Waals surface area contributed by atoms with Gasteiger partial charge in [0.1, 0.15) is 10.6 Å². The number of anilines is 2. The van der Waals surface area contributed by atoms with E-state index >= 15 is 0 Å². The van der Waals surface area contributed by atoms with Crippen LogP contribution in [0.3, 0.4) is 0 Å². The fourth-order valence-electron chi connectivity index (χ4n) is 1.80. The summed E-state index contributed by atoms with van der Waals surface area (Å²) in [5.41, 5.74) is 1.45. The molecule has 2 aromatic rings. The van der Waals surface area contributed by atoms with Gasteiger partial charge in [-0.05, 0) is 18.6 Å². The van der Waals surface area contributed by atoms with Crippen LogP contribution in [0.2, 0.25) is 0 Å². The Labute approximate surface area is 121 Å². The van der Waals surface area contributed by atoms with E-state index in [-0.39, 0.29) is 0 Å². The molecule has 0 amide bonds. The molecular formula is C14H16N2O3S. The molecule has 0 aliphatic rings. The molecule has 0 radical (unpaired) electrons. The minimum atomic E-state index is -0.926. The van der Waals surface area contributed by atoms with Gasteiger partial charge in [-0.1, -0.05) is 30.7 Å². The second-order valence-corrected chi connectivity index (χ2v) is 5.21. The molecule has 0 saturated heterocycles. The first-order valence-corrected chi connectivity index (χ1v) is 7.09. The molecule has 1 heterocycles. The molecule has 1 aromatic heterocycles. The maximum Gasteiger partial charge on any atom is 0.347 e. The van der Waals surface area contributed by atoms with Crippen LogP contribution in [0.4, 0.5) is 10.8 Å². The number of hydrogen-bond acceptors (Lipinski definition) is 5. The van der Waals surface area contributed by atoms with E-state index in [0.717, 1.165) is 29.2 Å². The average molecular weight is 292 g/mol. The van der Waals surface area contributed by atoms with Crippen molar-refractivity contribution >= 4 is 28.1 Å². The summed E-state index contributed by atoms with van der Waals surface area (Å²) in [5, 5.41) is 12.9. The van der Waals surface area contributed by atoms with E-state index in [2.05, 4.69) is 10.3 Å². The van der Waals surface area contributed by atoms with Gasteiger partial charge in [-0.15, -0.1) is 0 Å². The van der Waals surface area contributed by atoms with Crippen LogP contribution < -0.4 is 10.1 Å². The van der Waals surface area contributed by atoms with Crippen LogP contribution >= 0.6 is 11.3 Å². The number of nitrogens with one attached hydrogen (secondary N) is 1. The predicted molar refractivity (Wildman–Crippen MR) is 79.3 cm³/mol. The highest BCUT2D eigenvalue weighted by molar-refractivity contribution is 7.17. The second-order valence-electron chi connectivity index (χ2n) is 4.21. The molecular weight excluding hydrogens is 276 g/mol. The van der Waals surface area contributed by atoms with Crippen LogP contribution in [0.1, 0.15) is 28.7 Å². The SMILES string of the molecule is CCCc1nc(Nc2cccc(OC)c2)sc1C(=O)O. The summed E-state index contributed by atoms with van der Waals surface area (Å²) in [7, 11) is 1.60. The van der Waals surface area contributed by atoms with Crippen molar-refractivity contribution in [3.8, 4) is 5.75 Å². The van der Waals surface area contributed by atoms with Crippen LogP contribution in [0.25, 0.3) is 0 Å². The van der Waals surface area contributed by atoms with Gasteiger partial charge in [0.2, 0.25) is 0 Å². The summed E-state index contributed by atoms with van der Waals surface area (Å²) in [4.78, 5) is 15.8. The Morgan fingerprint density at radius 1 is 1.50 bits per heavy atom. The fraction of sp³-hybridized carbons (Fsp3) is 0.286. The number of nitrogens with zero attached hydrogens (tertiary/aromatic N) is 1. The molecule has 0 unspecified atom stereocenters. The monoisotopic (exact) mass is 292 g/mol. The summed E-state index contributed by atoms with van der Waals surface area (Å²) in [6, 6.07) is 7.42. The Balaban J connectivity index is 2.24. The van der Waals surface area contributed by atoms with E-state index in [1.165, 1.54) is 0 Å². The first-order chi connectivity index (χ1) is 9.63. The molecule has 0 spiro atoms. The zero-order chi connectivity index (χ0) is 14.5. The van der Waals surface area contributed by atoms with Gasteiger partial charge in [-0.25, -0.2) is 9.78 Å². The molecule has 0 aliphatic carbocycles. The highest BCUT2D eigenvalue weighted by Crippen LogP contribution is 2.28. The number of carboxylic acids is 1. The highest BCUT2D eigenvalue weighted by atomic mass is 32.1. The van der Waals surface area contributed by atoms with Crippen molar-refractivity contribution in [3.05, 3.63) is 34.8 Å². The van der Waals surface area contributed by atoms with Gasteiger partial charge in [0.15, 0.2) is 5.13 Å². The standard InChI is InChI=1S/C14H16N2O3S/c1-3-5-11-12(13(17)18)20-14(16-11)15-9-6-4-7-10(8-9)19-2/h4,6-8H,3,5H2,1-2H3,(H,15,16)(H,17,18). The number of methoxy groups -OCH3 is 1. The minimum absolute atomic E-state index is 0.303. The Morgan fingerprint density at radius 2 is 2.30 bits per heavy atom. The lowest BCUT2D eigenvalue weighted by molar-refractivity contribution is 0.0700. The topological polar surface area (TPSA) is 71.5 Å². The molecule has 0 aliphatic heterocycles. The average Bonchev–Trinajstić information content (AvgIpc) is 2.82. The quantitative estimate of drug-likeness (QED) is 0.852. The maximum atomic E-state index is 11.2. The normalized spacial score (nSPS) is 10.3. The molecule has 0 saturated carbocycles. The van der Waals surface area contributed by atoms with Gasteiger partial charge in [0.25, 0.3) is 0 Å². The van der Waals surface area contributed by atoms with Crippen LogP contribution in [0.15, 0.2) is 24.3 Å². The van der Waals surface area contributed by atoms with Gasteiger partial charge >= 0.3 is 5.97 Å². The zero-order valence-electron chi connectivity index (χ0n) is 11.3. The van der Waals surface area contributed by atoms with Crippen LogP contribution in [-0.4, -0.2) is 23.2 Å². The lowest BCUT2D eigenvalue weighted by Crippen LogP contribution is -1.98. The van der Waals surface area contributed by atoms with Crippen LogP contribution in [0.5, 0.6) is 5.75 Å². The highest BCUT2D eigenvalue weighted by Gasteiger charge is 2.16. The fourth-order valence-corrected chi connectivity index (χ4v) is 2.67. The van der Waals surface area contributed by atoms with E-state index in [9.17, 15) is 9.90 Å². The minimum Gasteiger partial charge on any atom is -0.497 e. The van der Waals surface area contributed by atoms with Crippen molar-refractivity contribution in [2.45, 2.75) is 19.8 Å². The Kier molecular flexibility index (Phi) is 4.57. The largest absolute Gasteiger partial charge is 0.497 e. The smallest absolute Gasteiger partial charge is 0.347 e. The van der Waals surface area contributed by atoms with Gasteiger partial charge < -0.3 is 15.2 Å². The number of carboxylic acid groups (broad SMARTS) is 1. The molecule has 2 rings (SSSR count). The molecule has 0 atom stereocenters. The van der Waals surface area contributed by atoms with Crippen molar-refractivity contribution in [1.82, 2.24) is 4.98 Å². The van der Waals surface area contributed by atoms with Gasteiger partial charge in [0, 0.05) is 11.8 Å². The molecule has 6 heteroatoms. The third-order valence-corrected chi connectivity index (χ3v) is 3.70. The number of carbonyl (C=O) groups is 1. The lowest BCUT2D eigenvalue weighted by Gasteiger charge is -2.04. The van der Waals surface area contributed by atoms with E-state index in [4.69, 9.17) is 4.74 Å². The molecule has 5 nitrogen and oxygen atoms in total. The molecule has 106 valence electrons. The van der Waals surface area contributed by atoms with E-state index in [1.807, 2.05) is 31.2 Å². The number of benzene rings is 1. The summed E-state index contributed by atoms with van der Waals surface area (Å²) in [6.07, 6.45) is 1.53. The van der Waals surface area contributed by atoms with Crippen molar-refractivity contribution < 1.29 is 14.6 Å². The molecule has 1 aromatic carbocycles. The Morgan fingerprint density at radius 3 is 2.95 bits per heavy atom. The number of aromatic nitrogens is 1. The Hall–Kier alpha value is -2.08. The van der Waals surface area contributed by atoms with Crippen LogP contribution in [0, 0.1) is 0 Å². The number of aromatic carboxylic acids is 1. The number of ether oxygens (including phenoxy) is 1. The van der Waals surface area contributed by atoms with E-state index < -0.39 is 5.97 Å². The maximum absolute atomic E-state index is 11.2. The summed E-state index contributed by atoms with van der Waals surface area (Å²) in [5.74, 6) is -0.191. The molecule has 0 bridgehead atoms. The first kappa shape index (κ1) is 14.3. The number of hydrogen-bond donors (Lipinski definition) is 2. The number of rotatable bonds is 6. The third kappa shape index (κ3) is 3.27. The van der Waals surface area contributed by atoms with Gasteiger partial charge in [0.05, 0.1) is 12.8 Å². The number of aryl methyl sites for hydroxylation is 1. The third-order valence-electron chi connectivity index (χ3n) is 2.70. The van der Waals surface area contributed by atoms with Gasteiger partial charge in [-0.2, -0.15) is 0 Å².